The van der Waals surface area contributed by atoms with Gasteiger partial charge in [-0.3, -0.25) is 4.79 Å². The predicted molar refractivity (Wildman–Crippen MR) is 66.4 cm³/mol. The zero-order valence-electron chi connectivity index (χ0n) is 8.95. The van der Waals surface area contributed by atoms with Crippen LogP contribution in [0.5, 0.6) is 0 Å². The van der Waals surface area contributed by atoms with Gasteiger partial charge in [0.2, 0.25) is 5.91 Å². The number of carbonyl (C=O) groups excluding carboxylic acids is 1. The number of carbonyl (C=O) groups is 1. The van der Waals surface area contributed by atoms with Crippen molar-refractivity contribution >= 4 is 29.7 Å². The first-order valence-electron chi connectivity index (χ1n) is 4.65. The molecular weight excluding hydrogens is 232 g/mol. The normalized spacial score (nSPS) is 11.7. The molecule has 1 heterocycles. The number of rotatable bonds is 4. The topological polar surface area (TPSA) is 55.1 Å². The standard InChI is InChI=1S/C10H16N2OS.ClH/c1-7-3-4-14-9(7)6-12-10(13)5-8(2)11;/h3-4,8H,5-6,11H2,1-2H3,(H,12,13);1H. The lowest BCUT2D eigenvalue weighted by Crippen LogP contribution is -2.29. The van der Waals surface area contributed by atoms with E-state index in [-0.39, 0.29) is 24.4 Å². The van der Waals surface area contributed by atoms with Crippen LogP contribution in [0.15, 0.2) is 11.4 Å². The molecule has 1 rings (SSSR count). The summed E-state index contributed by atoms with van der Waals surface area (Å²) in [5, 5.41) is 4.88. The van der Waals surface area contributed by atoms with Crippen LogP contribution in [-0.4, -0.2) is 11.9 Å². The molecule has 0 radical (unpaired) electrons. The van der Waals surface area contributed by atoms with Gasteiger partial charge in [0.15, 0.2) is 0 Å². The Hall–Kier alpha value is -0.580. The summed E-state index contributed by atoms with van der Waals surface area (Å²) in [7, 11) is 0. The van der Waals surface area contributed by atoms with Crippen molar-refractivity contribution in [2.45, 2.75) is 32.9 Å². The number of halogens is 1. The molecule has 1 unspecified atom stereocenters. The van der Waals surface area contributed by atoms with E-state index < -0.39 is 0 Å². The Balaban J connectivity index is 0.00000196. The average Bonchev–Trinajstić information content (AvgIpc) is 2.46. The zero-order chi connectivity index (χ0) is 10.6. The number of hydrogen-bond acceptors (Lipinski definition) is 3. The van der Waals surface area contributed by atoms with Crippen LogP contribution >= 0.6 is 23.7 Å². The fourth-order valence-corrected chi connectivity index (χ4v) is 1.97. The minimum Gasteiger partial charge on any atom is -0.351 e. The summed E-state index contributed by atoms with van der Waals surface area (Å²) in [5.41, 5.74) is 6.75. The van der Waals surface area contributed by atoms with E-state index in [1.54, 1.807) is 11.3 Å². The third kappa shape index (κ3) is 5.16. The Morgan fingerprint density at radius 2 is 2.33 bits per heavy atom. The molecule has 15 heavy (non-hydrogen) atoms. The van der Waals surface area contributed by atoms with E-state index >= 15 is 0 Å². The summed E-state index contributed by atoms with van der Waals surface area (Å²) in [5.74, 6) is 0.0211. The van der Waals surface area contributed by atoms with E-state index in [1.165, 1.54) is 10.4 Å². The van der Waals surface area contributed by atoms with E-state index in [2.05, 4.69) is 11.4 Å². The maximum atomic E-state index is 11.3. The second kappa shape index (κ2) is 6.82. The van der Waals surface area contributed by atoms with E-state index in [4.69, 9.17) is 5.73 Å². The molecule has 5 heteroatoms. The molecule has 0 aliphatic rings. The van der Waals surface area contributed by atoms with Crippen molar-refractivity contribution in [2.24, 2.45) is 5.73 Å². The fourth-order valence-electron chi connectivity index (χ4n) is 1.13. The van der Waals surface area contributed by atoms with Gasteiger partial charge < -0.3 is 11.1 Å². The average molecular weight is 249 g/mol. The highest BCUT2D eigenvalue weighted by atomic mass is 35.5. The molecule has 0 bridgehead atoms. The van der Waals surface area contributed by atoms with Gasteiger partial charge in [0, 0.05) is 17.3 Å². The first kappa shape index (κ1) is 14.4. The van der Waals surface area contributed by atoms with Gasteiger partial charge in [-0.05, 0) is 30.9 Å². The Morgan fingerprint density at radius 1 is 1.67 bits per heavy atom. The quantitative estimate of drug-likeness (QED) is 0.854. The van der Waals surface area contributed by atoms with E-state index in [1.807, 2.05) is 19.2 Å². The minimum absolute atomic E-state index is 0. The number of nitrogens with two attached hydrogens (primary N) is 1. The van der Waals surface area contributed by atoms with Crippen LogP contribution in [0.2, 0.25) is 0 Å². The molecule has 3 N–H and O–H groups in total. The number of hydrogen-bond donors (Lipinski definition) is 2. The fraction of sp³-hybridized carbons (Fsp3) is 0.500. The Kier molecular flexibility index (Phi) is 6.56. The van der Waals surface area contributed by atoms with Gasteiger partial charge in [-0.1, -0.05) is 0 Å². The van der Waals surface area contributed by atoms with Crippen LogP contribution in [0.4, 0.5) is 0 Å². The summed E-state index contributed by atoms with van der Waals surface area (Å²) >= 11 is 1.66. The molecule has 0 aliphatic carbocycles. The maximum absolute atomic E-state index is 11.3. The van der Waals surface area contributed by atoms with Gasteiger partial charge in [0.05, 0.1) is 6.54 Å². The molecule has 0 aromatic carbocycles. The highest BCUT2D eigenvalue weighted by Crippen LogP contribution is 2.14. The van der Waals surface area contributed by atoms with Gasteiger partial charge in [-0.2, -0.15) is 0 Å². The molecule has 0 saturated heterocycles. The third-order valence-electron chi connectivity index (χ3n) is 1.92. The second-order valence-electron chi connectivity index (χ2n) is 3.48. The van der Waals surface area contributed by atoms with E-state index in [0.29, 0.717) is 13.0 Å². The number of thiophene rings is 1. The van der Waals surface area contributed by atoms with Crippen LogP contribution in [0.3, 0.4) is 0 Å². The van der Waals surface area contributed by atoms with Crippen LogP contribution in [-0.2, 0) is 11.3 Å². The maximum Gasteiger partial charge on any atom is 0.221 e. The molecular formula is C10H17ClN2OS. The van der Waals surface area contributed by atoms with Crippen molar-refractivity contribution < 1.29 is 4.79 Å². The first-order chi connectivity index (χ1) is 6.59. The SMILES string of the molecule is Cc1ccsc1CNC(=O)CC(C)N.Cl. The summed E-state index contributed by atoms with van der Waals surface area (Å²) in [6.07, 6.45) is 0.393. The van der Waals surface area contributed by atoms with Crippen molar-refractivity contribution in [3.63, 3.8) is 0 Å². The molecule has 0 saturated carbocycles. The molecule has 0 aliphatic heterocycles. The minimum atomic E-state index is -0.0700. The molecule has 1 aromatic heterocycles. The lowest BCUT2D eigenvalue weighted by atomic mass is 10.2. The molecule has 86 valence electrons. The van der Waals surface area contributed by atoms with Crippen LogP contribution in [0.1, 0.15) is 23.8 Å². The van der Waals surface area contributed by atoms with Crippen molar-refractivity contribution in [3.05, 3.63) is 21.9 Å². The molecule has 1 atom stereocenters. The smallest absolute Gasteiger partial charge is 0.221 e. The van der Waals surface area contributed by atoms with Gasteiger partial charge in [0.1, 0.15) is 0 Å². The Bertz CT molecular complexity index is 312. The van der Waals surface area contributed by atoms with Crippen molar-refractivity contribution in [1.82, 2.24) is 5.32 Å². The highest BCUT2D eigenvalue weighted by Gasteiger charge is 2.05. The van der Waals surface area contributed by atoms with E-state index in [9.17, 15) is 4.79 Å². The molecule has 3 nitrogen and oxygen atoms in total. The van der Waals surface area contributed by atoms with Crippen molar-refractivity contribution in [2.75, 3.05) is 0 Å². The van der Waals surface area contributed by atoms with Crippen LogP contribution in [0, 0.1) is 6.92 Å². The lowest BCUT2D eigenvalue weighted by Gasteiger charge is -2.06. The number of nitrogens with one attached hydrogen (secondary N) is 1. The highest BCUT2D eigenvalue weighted by molar-refractivity contribution is 7.10. The van der Waals surface area contributed by atoms with Crippen molar-refractivity contribution in [3.8, 4) is 0 Å². The number of amides is 1. The molecule has 1 amide bonds. The molecule has 1 aromatic rings. The Labute approximate surface area is 100 Å². The molecule has 0 fully saturated rings. The number of aryl methyl sites for hydroxylation is 1. The summed E-state index contributed by atoms with van der Waals surface area (Å²) in [4.78, 5) is 12.5. The first-order valence-corrected chi connectivity index (χ1v) is 5.53. The lowest BCUT2D eigenvalue weighted by molar-refractivity contribution is -0.121. The zero-order valence-corrected chi connectivity index (χ0v) is 10.6. The van der Waals surface area contributed by atoms with E-state index in [0.717, 1.165) is 0 Å². The van der Waals surface area contributed by atoms with Gasteiger partial charge in [0.25, 0.3) is 0 Å². The summed E-state index contributed by atoms with van der Waals surface area (Å²) in [6, 6.07) is 1.98. The molecule has 0 spiro atoms. The monoisotopic (exact) mass is 248 g/mol. The van der Waals surface area contributed by atoms with Gasteiger partial charge >= 0.3 is 0 Å². The second-order valence-corrected chi connectivity index (χ2v) is 4.49. The van der Waals surface area contributed by atoms with Gasteiger partial charge in [-0.15, -0.1) is 23.7 Å². The Morgan fingerprint density at radius 3 is 2.80 bits per heavy atom. The largest absolute Gasteiger partial charge is 0.351 e. The third-order valence-corrected chi connectivity index (χ3v) is 2.94. The van der Waals surface area contributed by atoms with Crippen LogP contribution < -0.4 is 11.1 Å². The van der Waals surface area contributed by atoms with Crippen LogP contribution in [0.25, 0.3) is 0 Å². The van der Waals surface area contributed by atoms with Gasteiger partial charge in [-0.25, -0.2) is 0 Å². The van der Waals surface area contributed by atoms with Crippen molar-refractivity contribution in [1.29, 1.82) is 0 Å². The summed E-state index contributed by atoms with van der Waals surface area (Å²) in [6.45, 7) is 4.49. The summed E-state index contributed by atoms with van der Waals surface area (Å²) < 4.78 is 0. The predicted octanol–water partition coefficient (Wildman–Crippen LogP) is 1.83.